The number of amides is 1. The summed E-state index contributed by atoms with van der Waals surface area (Å²) >= 11 is 0. The molecule has 0 spiro atoms. The van der Waals surface area contributed by atoms with E-state index in [9.17, 15) is 4.79 Å². The third-order valence-corrected chi connectivity index (χ3v) is 3.84. The zero-order valence-electron chi connectivity index (χ0n) is 13.2. The molecule has 2 aromatic heterocycles. The molecule has 9 nitrogen and oxygen atoms in total. The van der Waals surface area contributed by atoms with Crippen molar-refractivity contribution in [2.24, 2.45) is 0 Å². The predicted octanol–water partition coefficient (Wildman–Crippen LogP) is 1.50. The Labute approximate surface area is 138 Å². The first-order valence-electron chi connectivity index (χ1n) is 7.61. The monoisotopic (exact) mass is 330 g/mol. The Balaban J connectivity index is 1.77. The fourth-order valence-corrected chi connectivity index (χ4v) is 2.69. The first-order valence-corrected chi connectivity index (χ1v) is 7.61. The lowest BCUT2D eigenvalue weighted by atomic mass is 10.1. The van der Waals surface area contributed by atoms with E-state index >= 15 is 0 Å². The van der Waals surface area contributed by atoms with Gasteiger partial charge < -0.3 is 20.1 Å². The maximum Gasteiger partial charge on any atom is 0.407 e. The number of likely N-dealkylation sites (tertiary alicyclic amines) is 1. The fraction of sp³-hybridized carbons (Fsp3) is 0.400. The highest BCUT2D eigenvalue weighted by molar-refractivity contribution is 5.66. The van der Waals surface area contributed by atoms with E-state index in [0.717, 1.165) is 12.8 Å². The second-order valence-electron chi connectivity index (χ2n) is 5.43. The molecule has 1 unspecified atom stereocenters. The fourth-order valence-electron chi connectivity index (χ4n) is 2.69. The summed E-state index contributed by atoms with van der Waals surface area (Å²) in [6.07, 6.45) is 3.99. The lowest BCUT2D eigenvalue weighted by Crippen LogP contribution is -2.44. The molecule has 1 atom stereocenters. The molecule has 2 aromatic rings. The van der Waals surface area contributed by atoms with Crippen LogP contribution in [0.2, 0.25) is 0 Å². The van der Waals surface area contributed by atoms with Crippen molar-refractivity contribution in [1.29, 1.82) is 0 Å². The molecule has 3 rings (SSSR count). The van der Waals surface area contributed by atoms with E-state index in [1.54, 1.807) is 24.5 Å². The van der Waals surface area contributed by atoms with Gasteiger partial charge in [0.25, 0.3) is 0 Å². The van der Waals surface area contributed by atoms with Gasteiger partial charge in [0.2, 0.25) is 11.8 Å². The molecule has 0 saturated carbocycles. The maximum atomic E-state index is 11.1. The Bertz CT molecular complexity index is 726. The summed E-state index contributed by atoms with van der Waals surface area (Å²) in [4.78, 5) is 21.2. The molecule has 1 saturated heterocycles. The number of nitrogens with zero attached hydrogens (tertiary/aromatic N) is 5. The second kappa shape index (κ2) is 7.07. The van der Waals surface area contributed by atoms with Gasteiger partial charge in [-0.25, -0.2) is 14.8 Å². The molecule has 0 aromatic carbocycles. The third kappa shape index (κ3) is 3.50. The SMILES string of the molecule is COc1nnccc1-c1ccnc(NC2CCCN(C(=O)O)C2)n1. The number of ether oxygens (including phenoxy) is 1. The number of rotatable bonds is 4. The Kier molecular flexibility index (Phi) is 4.69. The molecule has 0 aliphatic carbocycles. The molecular weight excluding hydrogens is 312 g/mol. The van der Waals surface area contributed by atoms with Crippen LogP contribution in [-0.2, 0) is 0 Å². The van der Waals surface area contributed by atoms with Crippen molar-refractivity contribution in [1.82, 2.24) is 25.1 Å². The van der Waals surface area contributed by atoms with Crippen LogP contribution >= 0.6 is 0 Å². The smallest absolute Gasteiger partial charge is 0.407 e. The summed E-state index contributed by atoms with van der Waals surface area (Å²) in [6, 6.07) is 3.52. The molecule has 24 heavy (non-hydrogen) atoms. The van der Waals surface area contributed by atoms with E-state index in [1.807, 2.05) is 0 Å². The van der Waals surface area contributed by atoms with Crippen molar-refractivity contribution in [3.8, 4) is 17.1 Å². The minimum atomic E-state index is -0.899. The predicted molar refractivity (Wildman–Crippen MR) is 85.9 cm³/mol. The van der Waals surface area contributed by atoms with Gasteiger partial charge in [0.05, 0.1) is 24.6 Å². The number of hydrogen-bond donors (Lipinski definition) is 2. The minimum Gasteiger partial charge on any atom is -0.479 e. The van der Waals surface area contributed by atoms with Gasteiger partial charge in [0.1, 0.15) is 0 Å². The van der Waals surface area contributed by atoms with Crippen molar-refractivity contribution >= 4 is 12.0 Å². The van der Waals surface area contributed by atoms with Crippen LogP contribution in [0.5, 0.6) is 5.88 Å². The molecule has 1 aliphatic rings. The van der Waals surface area contributed by atoms with Crippen LogP contribution in [0.15, 0.2) is 24.5 Å². The molecule has 3 heterocycles. The Hall–Kier alpha value is -2.97. The standard InChI is InChI=1S/C15H18N6O3/c1-24-13-11(4-7-17-20-13)12-5-6-16-14(19-12)18-10-3-2-8-21(9-10)15(22)23/h4-7,10H,2-3,8-9H2,1H3,(H,22,23)(H,16,18,19). The minimum absolute atomic E-state index is 0.0115. The Morgan fingerprint density at radius 1 is 1.42 bits per heavy atom. The van der Waals surface area contributed by atoms with E-state index in [2.05, 4.69) is 25.5 Å². The summed E-state index contributed by atoms with van der Waals surface area (Å²) in [5.74, 6) is 0.834. The summed E-state index contributed by atoms with van der Waals surface area (Å²) in [7, 11) is 1.52. The lowest BCUT2D eigenvalue weighted by molar-refractivity contribution is 0.132. The molecule has 1 aliphatic heterocycles. The van der Waals surface area contributed by atoms with E-state index in [1.165, 1.54) is 12.0 Å². The van der Waals surface area contributed by atoms with Crippen LogP contribution in [0.25, 0.3) is 11.3 Å². The molecule has 1 amide bonds. The molecule has 126 valence electrons. The highest BCUT2D eigenvalue weighted by Gasteiger charge is 2.23. The van der Waals surface area contributed by atoms with Gasteiger partial charge in [-0.1, -0.05) is 0 Å². The first-order chi connectivity index (χ1) is 11.7. The number of piperidine rings is 1. The molecule has 0 radical (unpaired) electrons. The van der Waals surface area contributed by atoms with Crippen molar-refractivity contribution in [2.75, 3.05) is 25.5 Å². The average Bonchev–Trinajstić information content (AvgIpc) is 2.62. The number of methoxy groups -OCH3 is 1. The van der Waals surface area contributed by atoms with E-state index in [4.69, 9.17) is 9.84 Å². The third-order valence-electron chi connectivity index (χ3n) is 3.84. The molecular formula is C15H18N6O3. The van der Waals surface area contributed by atoms with Crippen molar-refractivity contribution in [3.05, 3.63) is 24.5 Å². The van der Waals surface area contributed by atoms with Crippen LogP contribution in [0, 0.1) is 0 Å². The van der Waals surface area contributed by atoms with Gasteiger partial charge in [-0.2, -0.15) is 5.10 Å². The quantitative estimate of drug-likeness (QED) is 0.867. The molecule has 1 fully saturated rings. The average molecular weight is 330 g/mol. The number of carboxylic acid groups (broad SMARTS) is 1. The summed E-state index contributed by atoms with van der Waals surface area (Å²) in [5, 5.41) is 20.0. The number of aromatic nitrogens is 4. The summed E-state index contributed by atoms with van der Waals surface area (Å²) in [6.45, 7) is 0.983. The largest absolute Gasteiger partial charge is 0.479 e. The van der Waals surface area contributed by atoms with Gasteiger partial charge in [-0.05, 0) is 25.0 Å². The normalized spacial score (nSPS) is 17.4. The van der Waals surface area contributed by atoms with Gasteiger partial charge in [-0.15, -0.1) is 5.10 Å². The van der Waals surface area contributed by atoms with Crippen LogP contribution in [-0.4, -0.2) is 62.5 Å². The number of anilines is 1. The zero-order chi connectivity index (χ0) is 16.9. The van der Waals surface area contributed by atoms with Crippen molar-refractivity contribution < 1.29 is 14.6 Å². The van der Waals surface area contributed by atoms with E-state index < -0.39 is 6.09 Å². The summed E-state index contributed by atoms with van der Waals surface area (Å²) < 4.78 is 5.20. The van der Waals surface area contributed by atoms with Gasteiger partial charge in [0.15, 0.2) is 0 Å². The molecule has 2 N–H and O–H groups in total. The second-order valence-corrected chi connectivity index (χ2v) is 5.43. The number of hydrogen-bond acceptors (Lipinski definition) is 7. The maximum absolute atomic E-state index is 11.1. The molecule has 9 heteroatoms. The Morgan fingerprint density at radius 2 is 2.29 bits per heavy atom. The Morgan fingerprint density at radius 3 is 3.08 bits per heavy atom. The lowest BCUT2D eigenvalue weighted by Gasteiger charge is -2.31. The summed E-state index contributed by atoms with van der Waals surface area (Å²) in [5.41, 5.74) is 1.37. The highest BCUT2D eigenvalue weighted by Crippen LogP contribution is 2.25. The molecule has 0 bridgehead atoms. The van der Waals surface area contributed by atoms with E-state index in [0.29, 0.717) is 36.2 Å². The van der Waals surface area contributed by atoms with E-state index in [-0.39, 0.29) is 6.04 Å². The van der Waals surface area contributed by atoms with Crippen LogP contribution in [0.4, 0.5) is 10.7 Å². The van der Waals surface area contributed by atoms with Gasteiger partial charge in [-0.3, -0.25) is 0 Å². The van der Waals surface area contributed by atoms with Crippen LogP contribution in [0.3, 0.4) is 0 Å². The van der Waals surface area contributed by atoms with Crippen LogP contribution in [0.1, 0.15) is 12.8 Å². The number of carbonyl (C=O) groups is 1. The number of nitrogens with one attached hydrogen (secondary N) is 1. The highest BCUT2D eigenvalue weighted by atomic mass is 16.5. The van der Waals surface area contributed by atoms with Gasteiger partial charge >= 0.3 is 6.09 Å². The van der Waals surface area contributed by atoms with Crippen molar-refractivity contribution in [3.63, 3.8) is 0 Å². The van der Waals surface area contributed by atoms with Crippen LogP contribution < -0.4 is 10.1 Å². The zero-order valence-corrected chi connectivity index (χ0v) is 13.2. The topological polar surface area (TPSA) is 113 Å². The van der Waals surface area contributed by atoms with Crippen molar-refractivity contribution in [2.45, 2.75) is 18.9 Å². The first kappa shape index (κ1) is 15.9. The van der Waals surface area contributed by atoms with Gasteiger partial charge in [0, 0.05) is 25.3 Å².